The standard InChI is InChI=1S/C27H35FN4O5S/c1-14(18-7-6-16(10-20(18)34)21-15(2)29-13-38-21)30-23(35)19-11-17(33)12-32(19)24(36)22(26(3,4)5)31-25(37)27(28)8-9-27/h6-7,10,13-14,17,19,22,33-34H,8-9,11-12H2,1-5H3,(H,30,35)(H,31,37)/t14-,17+,19-,22?/m0/s1. The summed E-state index contributed by atoms with van der Waals surface area (Å²) in [5, 5.41) is 26.4. The Labute approximate surface area is 225 Å². The molecule has 11 heteroatoms. The van der Waals surface area contributed by atoms with Gasteiger partial charge in [0, 0.05) is 18.5 Å². The van der Waals surface area contributed by atoms with E-state index in [2.05, 4.69) is 15.6 Å². The molecule has 1 aliphatic carbocycles. The molecule has 1 saturated heterocycles. The SMILES string of the molecule is Cc1ncsc1-c1ccc([C@H](C)NC(=O)[C@@H]2C[C@@H](O)CN2C(=O)C(NC(=O)C2(F)CC2)C(C)(C)C)c(O)c1. The van der Waals surface area contributed by atoms with Gasteiger partial charge >= 0.3 is 0 Å². The number of nitrogens with zero attached hydrogens (tertiary/aromatic N) is 2. The van der Waals surface area contributed by atoms with Gasteiger partial charge < -0.3 is 25.7 Å². The molecule has 38 heavy (non-hydrogen) atoms. The Morgan fingerprint density at radius 3 is 2.47 bits per heavy atom. The van der Waals surface area contributed by atoms with Crippen LogP contribution in [0.2, 0.25) is 0 Å². The maximum absolute atomic E-state index is 14.3. The van der Waals surface area contributed by atoms with Gasteiger partial charge in [0.25, 0.3) is 5.91 Å². The smallest absolute Gasteiger partial charge is 0.258 e. The lowest BCUT2D eigenvalue weighted by Gasteiger charge is -2.35. The number of β-amino-alcohol motifs (C(OH)–C–C–N with tert-alkyl or cyclic N) is 1. The molecule has 0 radical (unpaired) electrons. The lowest BCUT2D eigenvalue weighted by atomic mass is 9.85. The molecule has 4 rings (SSSR count). The minimum Gasteiger partial charge on any atom is -0.508 e. The van der Waals surface area contributed by atoms with Crippen molar-refractivity contribution in [2.24, 2.45) is 5.41 Å². The number of hydrogen-bond acceptors (Lipinski definition) is 7. The Balaban J connectivity index is 1.49. The lowest BCUT2D eigenvalue weighted by molar-refractivity contribution is -0.145. The van der Waals surface area contributed by atoms with Crippen molar-refractivity contribution >= 4 is 29.1 Å². The van der Waals surface area contributed by atoms with Crippen molar-refractivity contribution in [3.8, 4) is 16.2 Å². The average molecular weight is 547 g/mol. The van der Waals surface area contributed by atoms with Crippen LogP contribution in [0.15, 0.2) is 23.7 Å². The van der Waals surface area contributed by atoms with E-state index < -0.39 is 53.0 Å². The first-order chi connectivity index (χ1) is 17.7. The Hall–Kier alpha value is -3.05. The van der Waals surface area contributed by atoms with Crippen molar-refractivity contribution in [3.63, 3.8) is 0 Å². The minimum absolute atomic E-state index is 0.0122. The van der Waals surface area contributed by atoms with E-state index in [4.69, 9.17) is 0 Å². The molecule has 3 amide bonds. The summed E-state index contributed by atoms with van der Waals surface area (Å²) in [6, 6.07) is 2.56. The van der Waals surface area contributed by atoms with Crippen molar-refractivity contribution < 1.29 is 29.0 Å². The molecule has 1 aliphatic heterocycles. The number of aromatic hydroxyl groups is 1. The molecule has 2 heterocycles. The van der Waals surface area contributed by atoms with E-state index >= 15 is 0 Å². The highest BCUT2D eigenvalue weighted by Crippen LogP contribution is 2.40. The summed E-state index contributed by atoms with van der Waals surface area (Å²) in [4.78, 5) is 45.7. The molecule has 1 aromatic carbocycles. The second kappa shape index (κ2) is 10.3. The van der Waals surface area contributed by atoms with Crippen molar-refractivity contribution in [3.05, 3.63) is 35.0 Å². The topological polar surface area (TPSA) is 132 Å². The van der Waals surface area contributed by atoms with E-state index in [1.807, 2.05) is 13.0 Å². The number of carbonyl (C=O) groups excluding carboxylic acids is 3. The van der Waals surface area contributed by atoms with Crippen LogP contribution in [0.25, 0.3) is 10.4 Å². The van der Waals surface area contributed by atoms with E-state index in [-0.39, 0.29) is 31.6 Å². The number of aryl methyl sites for hydroxylation is 1. The third-order valence-corrected chi connectivity index (χ3v) is 8.19. The molecule has 4 atom stereocenters. The Bertz CT molecular complexity index is 1240. The maximum Gasteiger partial charge on any atom is 0.258 e. The molecule has 0 spiro atoms. The minimum atomic E-state index is -1.95. The molecule has 2 aliphatic rings. The number of benzene rings is 1. The number of amides is 3. The van der Waals surface area contributed by atoms with Crippen LogP contribution in [0.4, 0.5) is 4.39 Å². The van der Waals surface area contributed by atoms with Crippen LogP contribution in [0.5, 0.6) is 5.75 Å². The summed E-state index contributed by atoms with van der Waals surface area (Å²) in [5.74, 6) is -1.86. The van der Waals surface area contributed by atoms with Crippen LogP contribution in [0, 0.1) is 12.3 Å². The number of nitrogens with one attached hydrogen (secondary N) is 2. The fourth-order valence-electron chi connectivity index (χ4n) is 4.74. The number of aliphatic hydroxyl groups excluding tert-OH is 1. The van der Waals surface area contributed by atoms with Crippen molar-refractivity contribution in [1.82, 2.24) is 20.5 Å². The summed E-state index contributed by atoms with van der Waals surface area (Å²) in [7, 11) is 0. The predicted octanol–water partition coefficient (Wildman–Crippen LogP) is 3.00. The number of phenols is 1. The fraction of sp³-hybridized carbons (Fsp3) is 0.556. The average Bonchev–Trinajstić information content (AvgIpc) is 3.24. The monoisotopic (exact) mass is 546 g/mol. The summed E-state index contributed by atoms with van der Waals surface area (Å²) in [5.41, 5.74) is 1.20. The first-order valence-electron chi connectivity index (χ1n) is 12.7. The molecular weight excluding hydrogens is 511 g/mol. The zero-order chi connectivity index (χ0) is 28.0. The molecule has 206 valence electrons. The van der Waals surface area contributed by atoms with Crippen LogP contribution in [0.1, 0.15) is 64.3 Å². The van der Waals surface area contributed by atoms with Crippen LogP contribution in [0.3, 0.4) is 0 Å². The van der Waals surface area contributed by atoms with Crippen LogP contribution in [-0.4, -0.2) is 68.2 Å². The Morgan fingerprint density at radius 2 is 1.92 bits per heavy atom. The normalized spacial score (nSPS) is 22.0. The number of phenolic OH excluding ortho intramolecular Hbond substituents is 1. The van der Waals surface area contributed by atoms with Crippen LogP contribution >= 0.6 is 11.3 Å². The van der Waals surface area contributed by atoms with Crippen LogP contribution < -0.4 is 10.6 Å². The molecule has 2 aromatic rings. The fourth-order valence-corrected chi connectivity index (χ4v) is 5.54. The van der Waals surface area contributed by atoms with Gasteiger partial charge in [0.1, 0.15) is 17.8 Å². The van der Waals surface area contributed by atoms with E-state index in [0.29, 0.717) is 5.56 Å². The van der Waals surface area contributed by atoms with Gasteiger partial charge in [-0.05, 0) is 43.7 Å². The second-order valence-corrected chi connectivity index (χ2v) is 12.3. The lowest BCUT2D eigenvalue weighted by Crippen LogP contribution is -2.59. The zero-order valence-corrected chi connectivity index (χ0v) is 23.1. The molecule has 0 bridgehead atoms. The Morgan fingerprint density at radius 1 is 1.24 bits per heavy atom. The summed E-state index contributed by atoms with van der Waals surface area (Å²) < 4.78 is 14.3. The highest BCUT2D eigenvalue weighted by Gasteiger charge is 2.53. The van der Waals surface area contributed by atoms with E-state index in [9.17, 15) is 29.0 Å². The van der Waals surface area contributed by atoms with Gasteiger partial charge in [-0.15, -0.1) is 11.3 Å². The molecule has 4 N–H and O–H groups in total. The second-order valence-electron chi connectivity index (χ2n) is 11.4. The first kappa shape index (κ1) is 28.0. The highest BCUT2D eigenvalue weighted by molar-refractivity contribution is 7.13. The molecule has 2 fully saturated rings. The quantitative estimate of drug-likeness (QED) is 0.422. The van der Waals surface area contributed by atoms with E-state index in [1.165, 1.54) is 16.2 Å². The Kier molecular flexibility index (Phi) is 7.55. The number of aromatic nitrogens is 1. The number of alkyl halides is 1. The van der Waals surface area contributed by atoms with E-state index in [1.54, 1.807) is 45.3 Å². The van der Waals surface area contributed by atoms with Gasteiger partial charge in [-0.3, -0.25) is 14.4 Å². The highest BCUT2D eigenvalue weighted by atomic mass is 32.1. The molecule has 1 unspecified atom stereocenters. The number of halogens is 1. The van der Waals surface area contributed by atoms with Crippen molar-refractivity contribution in [2.75, 3.05) is 6.54 Å². The largest absolute Gasteiger partial charge is 0.508 e. The summed E-state index contributed by atoms with van der Waals surface area (Å²) in [6.07, 6.45) is -0.662. The third kappa shape index (κ3) is 5.68. The molecule has 1 aromatic heterocycles. The number of thiazole rings is 1. The third-order valence-electron chi connectivity index (χ3n) is 7.21. The van der Waals surface area contributed by atoms with Crippen molar-refractivity contribution in [2.45, 2.75) is 83.8 Å². The summed E-state index contributed by atoms with van der Waals surface area (Å²) in [6.45, 7) is 8.77. The van der Waals surface area contributed by atoms with Gasteiger partial charge in [0.2, 0.25) is 11.8 Å². The number of likely N-dealkylation sites (tertiary alicyclic amines) is 1. The van der Waals surface area contributed by atoms with Gasteiger partial charge in [0.15, 0.2) is 5.67 Å². The number of aliphatic hydroxyl groups is 1. The zero-order valence-electron chi connectivity index (χ0n) is 22.2. The van der Waals surface area contributed by atoms with Crippen LogP contribution in [-0.2, 0) is 14.4 Å². The number of carbonyl (C=O) groups is 3. The van der Waals surface area contributed by atoms with Gasteiger partial charge in [0.05, 0.1) is 28.2 Å². The van der Waals surface area contributed by atoms with Crippen molar-refractivity contribution in [1.29, 1.82) is 0 Å². The predicted molar refractivity (Wildman–Crippen MR) is 141 cm³/mol. The molecule has 1 saturated carbocycles. The van der Waals surface area contributed by atoms with E-state index in [0.717, 1.165) is 16.1 Å². The van der Waals surface area contributed by atoms with Gasteiger partial charge in [-0.2, -0.15) is 0 Å². The molecule has 9 nitrogen and oxygen atoms in total. The maximum atomic E-state index is 14.3. The van der Waals surface area contributed by atoms with Gasteiger partial charge in [-0.1, -0.05) is 32.9 Å². The summed E-state index contributed by atoms with van der Waals surface area (Å²) >= 11 is 1.47. The number of rotatable bonds is 7. The first-order valence-corrected chi connectivity index (χ1v) is 13.6. The van der Waals surface area contributed by atoms with Gasteiger partial charge in [-0.25, -0.2) is 9.37 Å². The number of hydrogen-bond donors (Lipinski definition) is 4. The molecular formula is C27H35FN4O5S.